The highest BCUT2D eigenvalue weighted by Gasteiger charge is 1.94. The summed E-state index contributed by atoms with van der Waals surface area (Å²) in [7, 11) is 0. The minimum absolute atomic E-state index is 0.392. The van der Waals surface area contributed by atoms with Crippen molar-refractivity contribution in [3.63, 3.8) is 0 Å². The highest BCUT2D eigenvalue weighted by atomic mass is 16.5. The zero-order chi connectivity index (χ0) is 13.6. The van der Waals surface area contributed by atoms with E-state index in [1.165, 1.54) is 57.3 Å². The van der Waals surface area contributed by atoms with Gasteiger partial charge in [0.15, 0.2) is 0 Å². The molecule has 0 radical (unpaired) electrons. The topological polar surface area (TPSA) is 26.3 Å². The van der Waals surface area contributed by atoms with Crippen LogP contribution in [0.5, 0.6) is 0 Å². The summed E-state index contributed by atoms with van der Waals surface area (Å²) >= 11 is 0. The molecule has 0 amide bonds. The van der Waals surface area contributed by atoms with E-state index in [1.54, 1.807) is 0 Å². The number of rotatable bonds is 11. The zero-order valence-electron chi connectivity index (χ0n) is 12.0. The molecule has 2 nitrogen and oxygen atoms in total. The van der Waals surface area contributed by atoms with Crippen LogP contribution in [0.4, 0.5) is 0 Å². The van der Waals surface area contributed by atoms with Crippen molar-refractivity contribution in [1.82, 2.24) is 0 Å². The van der Waals surface area contributed by atoms with Crippen LogP contribution in [-0.2, 0) is 9.53 Å². The maximum Gasteiger partial charge on any atom is 0.334 e. The molecule has 0 spiro atoms. The molecule has 0 fully saturated rings. The van der Waals surface area contributed by atoms with Crippen molar-refractivity contribution in [2.24, 2.45) is 5.92 Å². The SMILES string of the molecule is C=CC(=O)OC=CCCCCCCCCC(C)C. The molecule has 0 heterocycles. The lowest BCUT2D eigenvalue weighted by atomic mass is 10.0. The summed E-state index contributed by atoms with van der Waals surface area (Å²) in [5, 5.41) is 0. The van der Waals surface area contributed by atoms with Gasteiger partial charge in [-0.1, -0.05) is 59.0 Å². The van der Waals surface area contributed by atoms with Crippen molar-refractivity contribution in [3.05, 3.63) is 25.0 Å². The Labute approximate surface area is 112 Å². The average Bonchev–Trinajstić information content (AvgIpc) is 2.35. The Bertz CT molecular complexity index is 241. The second kappa shape index (κ2) is 12.4. The molecule has 0 N–H and O–H groups in total. The maximum absolute atomic E-state index is 10.7. The van der Waals surface area contributed by atoms with Crippen LogP contribution < -0.4 is 0 Å². The third-order valence-corrected chi connectivity index (χ3v) is 2.85. The first kappa shape index (κ1) is 16.9. The van der Waals surface area contributed by atoms with Gasteiger partial charge in [-0.3, -0.25) is 0 Å². The number of esters is 1. The van der Waals surface area contributed by atoms with E-state index in [4.69, 9.17) is 4.74 Å². The van der Waals surface area contributed by atoms with E-state index in [-0.39, 0.29) is 0 Å². The zero-order valence-corrected chi connectivity index (χ0v) is 12.0. The summed E-state index contributed by atoms with van der Waals surface area (Å²) in [4.78, 5) is 10.7. The summed E-state index contributed by atoms with van der Waals surface area (Å²) in [5.41, 5.74) is 0. The van der Waals surface area contributed by atoms with Crippen LogP contribution in [0.2, 0.25) is 0 Å². The molecule has 0 atom stereocenters. The van der Waals surface area contributed by atoms with Crippen LogP contribution in [0.25, 0.3) is 0 Å². The Morgan fingerprint density at radius 1 is 1.11 bits per heavy atom. The van der Waals surface area contributed by atoms with E-state index in [0.29, 0.717) is 0 Å². The van der Waals surface area contributed by atoms with Crippen LogP contribution in [-0.4, -0.2) is 5.97 Å². The minimum Gasteiger partial charge on any atom is -0.432 e. The molecule has 0 saturated carbocycles. The van der Waals surface area contributed by atoms with Crippen molar-refractivity contribution in [2.45, 2.75) is 65.2 Å². The standard InChI is InChI=1S/C16H28O2/c1-4-16(17)18-14-12-10-8-6-5-7-9-11-13-15(2)3/h4,12,14-15H,1,5-11,13H2,2-3H3. The fourth-order valence-corrected chi connectivity index (χ4v) is 1.75. The van der Waals surface area contributed by atoms with Crippen LogP contribution in [0, 0.1) is 5.92 Å². The van der Waals surface area contributed by atoms with Crippen molar-refractivity contribution in [3.8, 4) is 0 Å². The highest BCUT2D eigenvalue weighted by molar-refractivity contribution is 5.81. The average molecular weight is 252 g/mol. The number of hydrogen-bond acceptors (Lipinski definition) is 2. The van der Waals surface area contributed by atoms with Gasteiger partial charge in [-0.2, -0.15) is 0 Å². The highest BCUT2D eigenvalue weighted by Crippen LogP contribution is 2.12. The number of carbonyl (C=O) groups is 1. The van der Waals surface area contributed by atoms with Gasteiger partial charge in [-0.05, 0) is 24.8 Å². The Kier molecular flexibility index (Phi) is 11.7. The molecule has 2 heteroatoms. The third-order valence-electron chi connectivity index (χ3n) is 2.85. The van der Waals surface area contributed by atoms with Crippen LogP contribution >= 0.6 is 0 Å². The van der Waals surface area contributed by atoms with Gasteiger partial charge in [-0.15, -0.1) is 0 Å². The molecule has 0 saturated heterocycles. The summed E-state index contributed by atoms with van der Waals surface area (Å²) in [6.07, 6.45) is 14.7. The maximum atomic E-state index is 10.7. The fourth-order valence-electron chi connectivity index (χ4n) is 1.75. The predicted molar refractivity (Wildman–Crippen MR) is 77.2 cm³/mol. The molecule has 18 heavy (non-hydrogen) atoms. The monoisotopic (exact) mass is 252 g/mol. The van der Waals surface area contributed by atoms with Gasteiger partial charge in [0.25, 0.3) is 0 Å². The Morgan fingerprint density at radius 3 is 2.33 bits per heavy atom. The summed E-state index contributed by atoms with van der Waals surface area (Å²) < 4.78 is 4.74. The molecule has 0 aliphatic heterocycles. The quantitative estimate of drug-likeness (QED) is 0.224. The Morgan fingerprint density at radius 2 is 1.72 bits per heavy atom. The van der Waals surface area contributed by atoms with Gasteiger partial charge in [0, 0.05) is 6.08 Å². The van der Waals surface area contributed by atoms with Crippen LogP contribution in [0.15, 0.2) is 25.0 Å². The minimum atomic E-state index is -0.392. The number of hydrogen-bond donors (Lipinski definition) is 0. The van der Waals surface area contributed by atoms with Crippen molar-refractivity contribution in [2.75, 3.05) is 0 Å². The van der Waals surface area contributed by atoms with Crippen molar-refractivity contribution < 1.29 is 9.53 Å². The molecule has 0 aromatic heterocycles. The lowest BCUT2D eigenvalue weighted by molar-refractivity contribution is -0.132. The van der Waals surface area contributed by atoms with E-state index in [9.17, 15) is 4.79 Å². The molecular weight excluding hydrogens is 224 g/mol. The number of allylic oxidation sites excluding steroid dienone is 1. The molecule has 0 unspecified atom stereocenters. The normalized spacial score (nSPS) is 11.1. The largest absolute Gasteiger partial charge is 0.432 e. The van der Waals surface area contributed by atoms with Gasteiger partial charge in [0.2, 0.25) is 0 Å². The second-order valence-corrected chi connectivity index (χ2v) is 5.11. The predicted octanol–water partition coefficient (Wildman–Crippen LogP) is 5.01. The number of carbonyl (C=O) groups excluding carboxylic acids is 1. The molecule has 0 bridgehead atoms. The Balaban J connectivity index is 3.16. The Hall–Kier alpha value is -1.05. The number of unbranched alkanes of at least 4 members (excludes halogenated alkanes) is 6. The summed E-state index contributed by atoms with van der Waals surface area (Å²) in [6.45, 7) is 7.89. The summed E-state index contributed by atoms with van der Waals surface area (Å²) in [6, 6.07) is 0. The molecule has 0 aromatic carbocycles. The van der Waals surface area contributed by atoms with Crippen molar-refractivity contribution >= 4 is 5.97 Å². The van der Waals surface area contributed by atoms with Gasteiger partial charge >= 0.3 is 5.97 Å². The molecule has 0 aromatic rings. The third kappa shape index (κ3) is 13.0. The first-order chi connectivity index (χ1) is 8.66. The van der Waals surface area contributed by atoms with Crippen LogP contribution in [0.1, 0.15) is 65.2 Å². The fraction of sp³-hybridized carbons (Fsp3) is 0.688. The first-order valence-electron chi connectivity index (χ1n) is 7.15. The van der Waals surface area contributed by atoms with E-state index >= 15 is 0 Å². The van der Waals surface area contributed by atoms with E-state index < -0.39 is 5.97 Å². The lowest BCUT2D eigenvalue weighted by Gasteiger charge is -2.03. The van der Waals surface area contributed by atoms with E-state index in [1.807, 2.05) is 6.08 Å². The lowest BCUT2D eigenvalue weighted by Crippen LogP contribution is -1.91. The van der Waals surface area contributed by atoms with Crippen LogP contribution in [0.3, 0.4) is 0 Å². The second-order valence-electron chi connectivity index (χ2n) is 5.11. The van der Waals surface area contributed by atoms with Gasteiger partial charge in [0.05, 0.1) is 6.26 Å². The van der Waals surface area contributed by atoms with E-state index in [2.05, 4.69) is 20.4 Å². The summed E-state index contributed by atoms with van der Waals surface area (Å²) in [5.74, 6) is 0.449. The molecule has 0 aliphatic rings. The number of ether oxygens (including phenoxy) is 1. The molecule has 0 rings (SSSR count). The smallest absolute Gasteiger partial charge is 0.334 e. The van der Waals surface area contributed by atoms with Gasteiger partial charge in [0.1, 0.15) is 0 Å². The van der Waals surface area contributed by atoms with Gasteiger partial charge in [-0.25, -0.2) is 4.79 Å². The van der Waals surface area contributed by atoms with E-state index in [0.717, 1.165) is 12.3 Å². The molecule has 0 aliphatic carbocycles. The molecular formula is C16H28O2. The molecule has 104 valence electrons. The van der Waals surface area contributed by atoms with Crippen molar-refractivity contribution in [1.29, 1.82) is 0 Å². The van der Waals surface area contributed by atoms with Gasteiger partial charge < -0.3 is 4.74 Å². The first-order valence-corrected chi connectivity index (χ1v) is 7.15.